The second kappa shape index (κ2) is 5.32. The fourth-order valence-electron chi connectivity index (χ4n) is 1.65. The summed E-state index contributed by atoms with van der Waals surface area (Å²) in [6.45, 7) is 4.39. The zero-order chi connectivity index (χ0) is 13.0. The zero-order valence-corrected chi connectivity index (χ0v) is 10.4. The predicted molar refractivity (Wildman–Crippen MR) is 67.1 cm³/mol. The monoisotopic (exact) mass is 242 g/mol. The van der Waals surface area contributed by atoms with Crippen molar-refractivity contribution in [1.29, 1.82) is 5.26 Å². The molecule has 2 aromatic heterocycles. The molecule has 5 heteroatoms. The van der Waals surface area contributed by atoms with Gasteiger partial charge in [-0.1, -0.05) is 0 Å². The quantitative estimate of drug-likeness (QED) is 0.889. The Morgan fingerprint density at radius 2 is 2.17 bits per heavy atom. The molecule has 0 aliphatic carbocycles. The number of aryl methyl sites for hydroxylation is 2. The van der Waals surface area contributed by atoms with E-state index < -0.39 is 0 Å². The summed E-state index contributed by atoms with van der Waals surface area (Å²) in [5, 5.41) is 12.0. The molecule has 0 amide bonds. The van der Waals surface area contributed by atoms with Crippen LogP contribution in [0.4, 0.5) is 5.82 Å². The molecule has 0 aromatic carbocycles. The van der Waals surface area contributed by atoms with Gasteiger partial charge in [0.25, 0.3) is 0 Å². The molecule has 5 nitrogen and oxygen atoms in total. The average Bonchev–Trinajstić information content (AvgIpc) is 2.74. The highest BCUT2D eigenvalue weighted by molar-refractivity contribution is 5.39. The van der Waals surface area contributed by atoms with E-state index >= 15 is 0 Å². The number of rotatable bonds is 4. The van der Waals surface area contributed by atoms with Gasteiger partial charge in [-0.05, 0) is 26.0 Å². The Bertz CT molecular complexity index is 583. The Morgan fingerprint density at radius 1 is 1.33 bits per heavy atom. The van der Waals surface area contributed by atoms with Crippen LogP contribution in [0.1, 0.15) is 23.0 Å². The molecule has 2 rings (SSSR count). The number of anilines is 1. The third-order valence-electron chi connectivity index (χ3n) is 2.43. The fraction of sp³-hybridized carbons (Fsp3) is 0.308. The van der Waals surface area contributed by atoms with Crippen molar-refractivity contribution < 1.29 is 4.42 Å². The number of nitrogens with zero attached hydrogens (tertiary/aromatic N) is 3. The lowest BCUT2D eigenvalue weighted by molar-refractivity contribution is 0.486. The van der Waals surface area contributed by atoms with Gasteiger partial charge in [0.1, 0.15) is 34.9 Å². The molecule has 0 radical (unpaired) electrons. The number of nitrogens with one attached hydrogen (secondary N) is 1. The second-order valence-electron chi connectivity index (χ2n) is 3.99. The van der Waals surface area contributed by atoms with E-state index in [0.717, 1.165) is 17.9 Å². The van der Waals surface area contributed by atoms with Gasteiger partial charge in [-0.2, -0.15) is 5.26 Å². The molecule has 2 aromatic rings. The van der Waals surface area contributed by atoms with Crippen molar-refractivity contribution in [2.24, 2.45) is 0 Å². The molecule has 2 heterocycles. The summed E-state index contributed by atoms with van der Waals surface area (Å²) in [5.41, 5.74) is 0.374. The first-order valence-electron chi connectivity index (χ1n) is 5.72. The van der Waals surface area contributed by atoms with Gasteiger partial charge < -0.3 is 9.73 Å². The van der Waals surface area contributed by atoms with E-state index in [1.807, 2.05) is 25.1 Å². The van der Waals surface area contributed by atoms with Crippen molar-refractivity contribution in [3.05, 3.63) is 41.2 Å². The van der Waals surface area contributed by atoms with E-state index in [1.165, 1.54) is 0 Å². The molecular formula is C13H14N4O. The zero-order valence-electron chi connectivity index (χ0n) is 10.4. The third-order valence-corrected chi connectivity index (χ3v) is 2.43. The molecule has 0 saturated carbocycles. The van der Waals surface area contributed by atoms with Crippen LogP contribution in [0.5, 0.6) is 0 Å². The van der Waals surface area contributed by atoms with Gasteiger partial charge in [-0.3, -0.25) is 0 Å². The molecule has 0 aliphatic rings. The van der Waals surface area contributed by atoms with Crippen molar-refractivity contribution in [3.8, 4) is 6.07 Å². The standard InChI is InChI=1S/C13H14N4O/c1-9-3-4-12(18-9)5-6-15-13-7-11(8-14)16-10(2)17-13/h3-4,7H,5-6H2,1-2H3,(H,15,16,17). The van der Waals surface area contributed by atoms with Gasteiger partial charge in [0.05, 0.1) is 0 Å². The second-order valence-corrected chi connectivity index (χ2v) is 3.99. The lowest BCUT2D eigenvalue weighted by atomic mass is 10.3. The highest BCUT2D eigenvalue weighted by Gasteiger charge is 2.02. The molecule has 0 bridgehead atoms. The van der Waals surface area contributed by atoms with Crippen LogP contribution in [0.3, 0.4) is 0 Å². The molecule has 18 heavy (non-hydrogen) atoms. The maximum Gasteiger partial charge on any atom is 0.146 e. The van der Waals surface area contributed by atoms with Crippen molar-refractivity contribution in [3.63, 3.8) is 0 Å². The molecule has 0 aliphatic heterocycles. The SMILES string of the molecule is Cc1nc(C#N)cc(NCCc2ccc(C)o2)n1. The van der Waals surface area contributed by atoms with E-state index in [9.17, 15) is 0 Å². The Hall–Kier alpha value is -2.35. The summed E-state index contributed by atoms with van der Waals surface area (Å²) in [6, 6.07) is 7.55. The van der Waals surface area contributed by atoms with Gasteiger partial charge in [0.2, 0.25) is 0 Å². The number of furan rings is 1. The minimum absolute atomic E-state index is 0.374. The molecular weight excluding hydrogens is 228 g/mol. The van der Waals surface area contributed by atoms with Crippen LogP contribution < -0.4 is 5.32 Å². The normalized spacial score (nSPS) is 10.1. The lowest BCUT2D eigenvalue weighted by Gasteiger charge is -2.05. The largest absolute Gasteiger partial charge is 0.466 e. The first-order chi connectivity index (χ1) is 8.67. The summed E-state index contributed by atoms with van der Waals surface area (Å²) in [5.74, 6) is 3.11. The van der Waals surface area contributed by atoms with Gasteiger partial charge in [-0.25, -0.2) is 9.97 Å². The number of nitriles is 1. The van der Waals surface area contributed by atoms with Crippen LogP contribution in [0.2, 0.25) is 0 Å². The number of aromatic nitrogens is 2. The first-order valence-corrected chi connectivity index (χ1v) is 5.72. The van der Waals surface area contributed by atoms with Crippen LogP contribution in [0.25, 0.3) is 0 Å². The van der Waals surface area contributed by atoms with E-state index in [1.54, 1.807) is 13.0 Å². The summed E-state index contributed by atoms with van der Waals surface area (Å²) < 4.78 is 5.46. The minimum atomic E-state index is 0.374. The van der Waals surface area contributed by atoms with Gasteiger partial charge in [-0.15, -0.1) is 0 Å². The van der Waals surface area contributed by atoms with Crippen molar-refractivity contribution in [1.82, 2.24) is 9.97 Å². The summed E-state index contributed by atoms with van der Waals surface area (Å²) in [7, 11) is 0. The molecule has 1 N–H and O–H groups in total. The number of hydrogen-bond donors (Lipinski definition) is 1. The van der Waals surface area contributed by atoms with Crippen LogP contribution in [-0.2, 0) is 6.42 Å². The Morgan fingerprint density at radius 3 is 2.83 bits per heavy atom. The molecule has 0 atom stereocenters. The van der Waals surface area contributed by atoms with Crippen molar-refractivity contribution >= 4 is 5.82 Å². The molecule has 0 unspecified atom stereocenters. The summed E-state index contributed by atoms with van der Waals surface area (Å²) in [6.07, 6.45) is 0.777. The Labute approximate surface area is 105 Å². The minimum Gasteiger partial charge on any atom is -0.466 e. The fourth-order valence-corrected chi connectivity index (χ4v) is 1.65. The van der Waals surface area contributed by atoms with Gasteiger partial charge >= 0.3 is 0 Å². The van der Waals surface area contributed by atoms with Crippen molar-refractivity contribution in [2.75, 3.05) is 11.9 Å². The maximum atomic E-state index is 8.81. The smallest absolute Gasteiger partial charge is 0.146 e. The molecule has 92 valence electrons. The van der Waals surface area contributed by atoms with E-state index in [0.29, 0.717) is 23.9 Å². The highest BCUT2D eigenvalue weighted by atomic mass is 16.3. The average molecular weight is 242 g/mol. The molecule has 0 spiro atoms. The first kappa shape index (κ1) is 12.1. The summed E-state index contributed by atoms with van der Waals surface area (Å²) >= 11 is 0. The van der Waals surface area contributed by atoms with Crippen LogP contribution in [0.15, 0.2) is 22.6 Å². The van der Waals surface area contributed by atoms with E-state index in [4.69, 9.17) is 9.68 Å². The lowest BCUT2D eigenvalue weighted by Crippen LogP contribution is -2.07. The van der Waals surface area contributed by atoms with Crippen LogP contribution in [-0.4, -0.2) is 16.5 Å². The van der Waals surface area contributed by atoms with Crippen LogP contribution >= 0.6 is 0 Å². The number of hydrogen-bond acceptors (Lipinski definition) is 5. The third kappa shape index (κ3) is 3.08. The van der Waals surface area contributed by atoms with Crippen molar-refractivity contribution in [2.45, 2.75) is 20.3 Å². The van der Waals surface area contributed by atoms with Gasteiger partial charge in [0.15, 0.2) is 0 Å². The van der Waals surface area contributed by atoms with Gasteiger partial charge in [0, 0.05) is 19.0 Å². The Kier molecular flexibility index (Phi) is 3.58. The van der Waals surface area contributed by atoms with E-state index in [-0.39, 0.29) is 0 Å². The maximum absolute atomic E-state index is 8.81. The van der Waals surface area contributed by atoms with E-state index in [2.05, 4.69) is 15.3 Å². The predicted octanol–water partition coefficient (Wildman–Crippen LogP) is 2.21. The van der Waals surface area contributed by atoms with Crippen LogP contribution in [0, 0.1) is 25.2 Å². The molecule has 0 fully saturated rings. The highest BCUT2D eigenvalue weighted by Crippen LogP contribution is 2.09. The summed E-state index contributed by atoms with van der Waals surface area (Å²) in [4.78, 5) is 8.21. The molecule has 0 saturated heterocycles. The Balaban J connectivity index is 1.94. The topological polar surface area (TPSA) is 74.7 Å².